The normalized spacial score (nSPS) is 12.2. The molecule has 0 spiro atoms. The van der Waals surface area contributed by atoms with Gasteiger partial charge < -0.3 is 0 Å². The molecule has 1 heteroatoms. The summed E-state index contributed by atoms with van der Waals surface area (Å²) in [5, 5.41) is 13.3. The third-order valence-corrected chi connectivity index (χ3v) is 13.1. The van der Waals surface area contributed by atoms with Crippen LogP contribution in [0.3, 0.4) is 0 Å². The number of fused-ring (bicyclic) bond motifs is 7. The van der Waals surface area contributed by atoms with Gasteiger partial charge in [-0.15, -0.1) is 0 Å². The SMILES string of the molecule is CC(C)(C)c1c2ccccc2c(-c2cccc3[se]c4cccc(-c5c6ccccc6c(-c6ccccc6)c6ccccc56)c4c23)c2ccccc12. The standard InChI is InChI=1S/C50H36Se/c1-50(2,3)49-38-25-13-11-23-36(38)46(37-24-12-14-26-39(37)49)41-28-16-30-43-48(41)47-40(27-15-29-42(47)51-43)45-34-21-9-7-19-32(34)44(31-17-5-4-6-18-31)33-20-8-10-22-35(33)45/h4-30H,1-3H3. The fourth-order valence-electron chi connectivity index (χ4n) is 8.84. The Labute approximate surface area is 304 Å². The van der Waals surface area contributed by atoms with Crippen LogP contribution in [0.5, 0.6) is 0 Å². The van der Waals surface area contributed by atoms with E-state index in [1.807, 2.05) is 0 Å². The zero-order chi connectivity index (χ0) is 34.3. The second kappa shape index (κ2) is 11.5. The second-order valence-corrected chi connectivity index (χ2v) is 17.0. The molecule has 242 valence electrons. The van der Waals surface area contributed by atoms with E-state index in [9.17, 15) is 0 Å². The molecule has 0 saturated carbocycles. The average Bonchev–Trinajstić information content (AvgIpc) is 3.55. The van der Waals surface area contributed by atoms with E-state index in [-0.39, 0.29) is 19.9 Å². The van der Waals surface area contributed by atoms with Crippen molar-refractivity contribution in [2.45, 2.75) is 26.2 Å². The third kappa shape index (κ3) is 4.59. The van der Waals surface area contributed by atoms with Gasteiger partial charge in [-0.1, -0.05) is 0 Å². The van der Waals surface area contributed by atoms with Crippen LogP contribution < -0.4 is 0 Å². The Hall–Kier alpha value is -5.46. The first-order valence-electron chi connectivity index (χ1n) is 17.9. The van der Waals surface area contributed by atoms with Crippen LogP contribution in [0.2, 0.25) is 0 Å². The van der Waals surface area contributed by atoms with Crippen molar-refractivity contribution in [3.05, 3.63) is 169 Å². The van der Waals surface area contributed by atoms with Crippen molar-refractivity contribution in [3.8, 4) is 33.4 Å². The molecule has 0 aliphatic carbocycles. The number of benzene rings is 9. The van der Waals surface area contributed by atoms with Crippen molar-refractivity contribution in [2.75, 3.05) is 0 Å². The van der Waals surface area contributed by atoms with Gasteiger partial charge in [-0.05, 0) is 0 Å². The van der Waals surface area contributed by atoms with Gasteiger partial charge in [0.1, 0.15) is 0 Å². The van der Waals surface area contributed by atoms with Crippen LogP contribution in [-0.2, 0) is 5.41 Å². The maximum atomic E-state index is 2.39. The summed E-state index contributed by atoms with van der Waals surface area (Å²) in [6.07, 6.45) is 0. The Balaban J connectivity index is 1.38. The molecule has 0 radical (unpaired) electrons. The molecule has 0 amide bonds. The van der Waals surface area contributed by atoms with Gasteiger partial charge in [0.25, 0.3) is 0 Å². The number of rotatable bonds is 3. The molecule has 10 rings (SSSR count). The Bertz CT molecular complexity index is 2880. The first kappa shape index (κ1) is 30.4. The van der Waals surface area contributed by atoms with Crippen LogP contribution in [0.15, 0.2) is 164 Å². The van der Waals surface area contributed by atoms with E-state index in [4.69, 9.17) is 0 Å². The van der Waals surface area contributed by atoms with Crippen molar-refractivity contribution >= 4 is 76.9 Å². The monoisotopic (exact) mass is 716 g/mol. The van der Waals surface area contributed by atoms with Gasteiger partial charge in [0.15, 0.2) is 0 Å². The predicted octanol–water partition coefficient (Wildman–Crippen LogP) is 14.0. The molecule has 10 aromatic rings. The van der Waals surface area contributed by atoms with E-state index in [1.165, 1.54) is 101 Å². The van der Waals surface area contributed by atoms with Crippen molar-refractivity contribution in [1.29, 1.82) is 0 Å². The molecule has 0 bridgehead atoms. The molecule has 0 atom stereocenters. The van der Waals surface area contributed by atoms with Crippen molar-refractivity contribution in [2.24, 2.45) is 0 Å². The van der Waals surface area contributed by atoms with E-state index in [0.717, 1.165) is 0 Å². The van der Waals surface area contributed by atoms with Crippen LogP contribution in [0, 0.1) is 0 Å². The number of hydrogen-bond donors (Lipinski definition) is 0. The molecule has 1 heterocycles. The molecule has 0 saturated heterocycles. The Kier molecular flexibility index (Phi) is 6.87. The summed E-state index contributed by atoms with van der Waals surface area (Å²) >= 11 is 0.198. The summed E-state index contributed by atoms with van der Waals surface area (Å²) in [6, 6.07) is 61.3. The third-order valence-electron chi connectivity index (χ3n) is 10.7. The van der Waals surface area contributed by atoms with Gasteiger partial charge >= 0.3 is 306 Å². The topological polar surface area (TPSA) is 0 Å². The Morgan fingerprint density at radius 1 is 0.333 bits per heavy atom. The molecule has 0 N–H and O–H groups in total. The molecular formula is C50H36Se. The van der Waals surface area contributed by atoms with Crippen LogP contribution in [0.4, 0.5) is 0 Å². The first-order valence-corrected chi connectivity index (χ1v) is 19.6. The van der Waals surface area contributed by atoms with Gasteiger partial charge in [0, 0.05) is 0 Å². The predicted molar refractivity (Wildman–Crippen MR) is 223 cm³/mol. The van der Waals surface area contributed by atoms with E-state index < -0.39 is 0 Å². The zero-order valence-corrected chi connectivity index (χ0v) is 30.7. The molecule has 0 unspecified atom stereocenters. The van der Waals surface area contributed by atoms with E-state index >= 15 is 0 Å². The van der Waals surface area contributed by atoms with Crippen LogP contribution >= 0.6 is 0 Å². The van der Waals surface area contributed by atoms with Gasteiger partial charge in [0.2, 0.25) is 0 Å². The fourth-order valence-corrected chi connectivity index (χ4v) is 11.3. The minimum atomic E-state index is -0.00667. The fraction of sp³-hybridized carbons (Fsp3) is 0.0800. The van der Waals surface area contributed by atoms with E-state index in [0.29, 0.717) is 0 Å². The van der Waals surface area contributed by atoms with Gasteiger partial charge in [-0.3, -0.25) is 0 Å². The summed E-state index contributed by atoms with van der Waals surface area (Å²) in [4.78, 5) is 0. The quantitative estimate of drug-likeness (QED) is 0.126. The molecule has 0 aliphatic rings. The summed E-state index contributed by atoms with van der Waals surface area (Å²) in [5.41, 5.74) is 9.31. The molecule has 0 aliphatic heterocycles. The number of hydrogen-bond acceptors (Lipinski definition) is 0. The molecule has 0 fully saturated rings. The van der Waals surface area contributed by atoms with Crippen molar-refractivity contribution in [1.82, 2.24) is 0 Å². The maximum absolute atomic E-state index is 2.39. The molecular weight excluding hydrogens is 680 g/mol. The van der Waals surface area contributed by atoms with Crippen LogP contribution in [0.25, 0.3) is 95.8 Å². The molecule has 9 aromatic carbocycles. The summed E-state index contributed by atoms with van der Waals surface area (Å²) < 4.78 is 2.92. The summed E-state index contributed by atoms with van der Waals surface area (Å²) in [5.74, 6) is 0. The van der Waals surface area contributed by atoms with Crippen molar-refractivity contribution in [3.63, 3.8) is 0 Å². The summed E-state index contributed by atoms with van der Waals surface area (Å²) in [6.45, 7) is 7.05. The average molecular weight is 716 g/mol. The van der Waals surface area contributed by atoms with Gasteiger partial charge in [-0.2, -0.15) is 0 Å². The summed E-state index contributed by atoms with van der Waals surface area (Å²) in [7, 11) is 0. The van der Waals surface area contributed by atoms with E-state index in [2.05, 4.69) is 185 Å². The van der Waals surface area contributed by atoms with Crippen LogP contribution in [0.1, 0.15) is 26.3 Å². The van der Waals surface area contributed by atoms with Crippen LogP contribution in [-0.4, -0.2) is 14.5 Å². The zero-order valence-electron chi connectivity index (χ0n) is 29.0. The van der Waals surface area contributed by atoms with Crippen molar-refractivity contribution < 1.29 is 0 Å². The first-order chi connectivity index (χ1) is 25.0. The molecule has 51 heavy (non-hydrogen) atoms. The Morgan fingerprint density at radius 2 is 0.686 bits per heavy atom. The second-order valence-electron chi connectivity index (χ2n) is 14.8. The Morgan fingerprint density at radius 3 is 1.10 bits per heavy atom. The minimum absolute atomic E-state index is 0.00667. The molecule has 0 nitrogen and oxygen atoms in total. The van der Waals surface area contributed by atoms with E-state index in [1.54, 1.807) is 0 Å². The van der Waals surface area contributed by atoms with Gasteiger partial charge in [0.05, 0.1) is 0 Å². The van der Waals surface area contributed by atoms with Gasteiger partial charge in [-0.25, -0.2) is 0 Å². The molecule has 1 aromatic heterocycles.